The van der Waals surface area contributed by atoms with Gasteiger partial charge in [0.05, 0.1) is 17.2 Å². The van der Waals surface area contributed by atoms with Crippen molar-refractivity contribution in [3.63, 3.8) is 0 Å². The maximum atomic E-state index is 13.3. The molecule has 3 rings (SSSR count). The van der Waals surface area contributed by atoms with Crippen molar-refractivity contribution in [2.45, 2.75) is 24.7 Å². The van der Waals surface area contributed by atoms with Gasteiger partial charge in [0.15, 0.2) is 0 Å². The Morgan fingerprint density at radius 3 is 2.77 bits per heavy atom. The fourth-order valence-corrected chi connectivity index (χ4v) is 4.55. The molecule has 2 aromatic carbocycles. The first-order valence-electron chi connectivity index (χ1n) is 8.56. The van der Waals surface area contributed by atoms with Gasteiger partial charge in [-0.15, -0.1) is 0 Å². The Hall–Kier alpha value is -2.12. The van der Waals surface area contributed by atoms with Gasteiger partial charge in [-0.05, 0) is 61.2 Å². The van der Waals surface area contributed by atoms with Gasteiger partial charge in [0.25, 0.3) is 10.0 Å². The number of halogens is 1. The molecule has 1 N–H and O–H groups in total. The second-order valence-corrected chi connectivity index (χ2v) is 8.09. The third-order valence-corrected chi connectivity index (χ3v) is 6.09. The molecule has 5 nitrogen and oxygen atoms in total. The van der Waals surface area contributed by atoms with Crippen molar-refractivity contribution in [1.29, 1.82) is 0 Å². The van der Waals surface area contributed by atoms with E-state index in [-0.39, 0.29) is 4.90 Å². The van der Waals surface area contributed by atoms with Crippen LogP contribution >= 0.6 is 0 Å². The lowest BCUT2D eigenvalue weighted by Crippen LogP contribution is -2.32. The molecule has 0 atom stereocenters. The van der Waals surface area contributed by atoms with E-state index in [9.17, 15) is 12.8 Å². The zero-order valence-electron chi connectivity index (χ0n) is 15.0. The molecule has 0 bridgehead atoms. The monoisotopic (exact) mass is 378 g/mol. The lowest BCUT2D eigenvalue weighted by molar-refractivity contribution is 0.205. The number of fused-ring (bicyclic) bond motifs is 1. The Bertz CT molecular complexity index is 900. The first kappa shape index (κ1) is 18.7. The van der Waals surface area contributed by atoms with E-state index < -0.39 is 15.8 Å². The molecule has 1 heterocycles. The predicted molar refractivity (Wildman–Crippen MR) is 101 cm³/mol. The Morgan fingerprint density at radius 1 is 1.23 bits per heavy atom. The van der Waals surface area contributed by atoms with Crippen LogP contribution in [-0.4, -0.2) is 35.2 Å². The van der Waals surface area contributed by atoms with Gasteiger partial charge in [0.2, 0.25) is 0 Å². The van der Waals surface area contributed by atoms with E-state index in [1.54, 1.807) is 20.1 Å². The molecule has 26 heavy (non-hydrogen) atoms. The van der Waals surface area contributed by atoms with E-state index in [1.807, 2.05) is 12.1 Å². The van der Waals surface area contributed by atoms with Crippen LogP contribution in [0, 0.1) is 12.7 Å². The van der Waals surface area contributed by atoms with Gasteiger partial charge in [0, 0.05) is 25.9 Å². The zero-order valence-corrected chi connectivity index (χ0v) is 15.8. The van der Waals surface area contributed by atoms with Crippen LogP contribution in [0.25, 0.3) is 0 Å². The normalized spacial score (nSPS) is 14.2. The number of hydrogen-bond donors (Lipinski definition) is 1. The summed E-state index contributed by atoms with van der Waals surface area (Å²) in [6.45, 7) is 3.88. The van der Waals surface area contributed by atoms with Gasteiger partial charge in [-0.1, -0.05) is 6.07 Å². The minimum Gasteiger partial charge on any atom is -0.383 e. The molecule has 0 amide bonds. The summed E-state index contributed by atoms with van der Waals surface area (Å²) in [5.74, 6) is -0.455. The summed E-state index contributed by atoms with van der Waals surface area (Å²) in [5, 5.41) is 0. The van der Waals surface area contributed by atoms with Crippen molar-refractivity contribution in [1.82, 2.24) is 0 Å². The number of methoxy groups -OCH3 is 1. The molecule has 1 aliphatic rings. The molecule has 0 radical (unpaired) electrons. The van der Waals surface area contributed by atoms with E-state index in [4.69, 9.17) is 4.74 Å². The minimum absolute atomic E-state index is 0.0767. The predicted octanol–water partition coefficient (Wildman–Crippen LogP) is 3.33. The SMILES string of the molecule is COCCN1CCCc2ccc(NS(=O)(=O)c3ccc(F)cc3C)cc21. The Balaban J connectivity index is 1.88. The minimum atomic E-state index is -3.78. The number of benzene rings is 2. The summed E-state index contributed by atoms with van der Waals surface area (Å²) in [4.78, 5) is 2.29. The topological polar surface area (TPSA) is 58.6 Å². The van der Waals surface area contributed by atoms with Gasteiger partial charge in [-0.3, -0.25) is 4.72 Å². The van der Waals surface area contributed by atoms with Crippen LogP contribution in [-0.2, 0) is 21.2 Å². The second kappa shape index (κ2) is 7.63. The third kappa shape index (κ3) is 3.99. The Labute approximate surface area is 153 Å². The summed E-state index contributed by atoms with van der Waals surface area (Å²) in [7, 11) is -2.11. The Kier molecular flexibility index (Phi) is 5.48. The number of ether oxygens (including phenoxy) is 1. The molecule has 0 fully saturated rings. The summed E-state index contributed by atoms with van der Waals surface area (Å²) in [5.41, 5.74) is 3.10. The fraction of sp³-hybridized carbons (Fsp3) is 0.368. The van der Waals surface area contributed by atoms with Crippen LogP contribution in [0.5, 0.6) is 0 Å². The average Bonchev–Trinajstić information content (AvgIpc) is 2.59. The van der Waals surface area contributed by atoms with Crippen molar-refractivity contribution in [3.8, 4) is 0 Å². The molecule has 0 spiro atoms. The smallest absolute Gasteiger partial charge is 0.262 e. The fourth-order valence-electron chi connectivity index (χ4n) is 3.27. The first-order chi connectivity index (χ1) is 12.4. The van der Waals surface area contributed by atoms with E-state index in [2.05, 4.69) is 9.62 Å². The molecule has 0 aliphatic carbocycles. The average molecular weight is 378 g/mol. The lowest BCUT2D eigenvalue weighted by atomic mass is 10.0. The second-order valence-electron chi connectivity index (χ2n) is 6.44. The zero-order chi connectivity index (χ0) is 18.7. The van der Waals surface area contributed by atoms with Crippen LogP contribution in [0.1, 0.15) is 17.5 Å². The van der Waals surface area contributed by atoms with Crippen molar-refractivity contribution < 1.29 is 17.5 Å². The highest BCUT2D eigenvalue weighted by molar-refractivity contribution is 7.92. The summed E-state index contributed by atoms with van der Waals surface area (Å²) in [6.07, 6.45) is 2.04. The number of rotatable bonds is 6. The highest BCUT2D eigenvalue weighted by atomic mass is 32.2. The molecular weight excluding hydrogens is 355 g/mol. The highest BCUT2D eigenvalue weighted by Gasteiger charge is 2.20. The maximum absolute atomic E-state index is 13.3. The van der Waals surface area contributed by atoms with Crippen molar-refractivity contribution in [2.24, 2.45) is 0 Å². The number of anilines is 2. The summed E-state index contributed by atoms with van der Waals surface area (Å²) >= 11 is 0. The number of nitrogens with one attached hydrogen (secondary N) is 1. The van der Waals surface area contributed by atoms with Crippen LogP contribution in [0.3, 0.4) is 0 Å². The van der Waals surface area contributed by atoms with Crippen molar-refractivity contribution in [2.75, 3.05) is 36.4 Å². The van der Waals surface area contributed by atoms with E-state index in [1.165, 1.54) is 17.7 Å². The Morgan fingerprint density at radius 2 is 2.04 bits per heavy atom. The molecule has 7 heteroatoms. The van der Waals surface area contributed by atoms with Gasteiger partial charge in [-0.2, -0.15) is 0 Å². The standard InChI is InChI=1S/C19H23FN2O3S/c1-14-12-16(20)6-8-19(14)26(23,24)21-17-7-5-15-4-3-9-22(10-11-25-2)18(15)13-17/h5-8,12-13,21H,3-4,9-11H2,1-2H3. The maximum Gasteiger partial charge on any atom is 0.262 e. The van der Waals surface area contributed by atoms with Crippen molar-refractivity contribution in [3.05, 3.63) is 53.3 Å². The van der Waals surface area contributed by atoms with E-state index in [0.29, 0.717) is 17.9 Å². The molecule has 0 saturated carbocycles. The molecular formula is C19H23FN2O3S. The van der Waals surface area contributed by atoms with Crippen LogP contribution in [0.2, 0.25) is 0 Å². The van der Waals surface area contributed by atoms with E-state index in [0.717, 1.165) is 37.7 Å². The van der Waals surface area contributed by atoms with Gasteiger partial charge in [0.1, 0.15) is 5.82 Å². The van der Waals surface area contributed by atoms with Crippen LogP contribution < -0.4 is 9.62 Å². The van der Waals surface area contributed by atoms with Gasteiger partial charge >= 0.3 is 0 Å². The summed E-state index contributed by atoms with van der Waals surface area (Å²) in [6, 6.07) is 9.25. The third-order valence-electron chi connectivity index (χ3n) is 4.54. The number of nitrogens with zero attached hydrogens (tertiary/aromatic N) is 1. The van der Waals surface area contributed by atoms with Gasteiger partial charge < -0.3 is 9.64 Å². The van der Waals surface area contributed by atoms with Crippen LogP contribution in [0.4, 0.5) is 15.8 Å². The molecule has 2 aromatic rings. The van der Waals surface area contributed by atoms with Gasteiger partial charge in [-0.25, -0.2) is 12.8 Å². The summed E-state index contributed by atoms with van der Waals surface area (Å²) < 4.78 is 46.4. The molecule has 0 saturated heterocycles. The molecule has 0 aromatic heterocycles. The molecule has 140 valence electrons. The molecule has 1 aliphatic heterocycles. The van der Waals surface area contributed by atoms with E-state index >= 15 is 0 Å². The number of hydrogen-bond acceptors (Lipinski definition) is 4. The highest BCUT2D eigenvalue weighted by Crippen LogP contribution is 2.31. The van der Waals surface area contributed by atoms with Crippen LogP contribution in [0.15, 0.2) is 41.3 Å². The largest absolute Gasteiger partial charge is 0.383 e. The first-order valence-corrected chi connectivity index (χ1v) is 10.0. The number of aryl methyl sites for hydroxylation is 2. The molecule has 0 unspecified atom stereocenters. The number of sulfonamides is 1. The quantitative estimate of drug-likeness (QED) is 0.838. The lowest BCUT2D eigenvalue weighted by Gasteiger charge is -2.31. The van der Waals surface area contributed by atoms with Crippen molar-refractivity contribution >= 4 is 21.4 Å².